The Morgan fingerprint density at radius 3 is 2.71 bits per heavy atom. The Labute approximate surface area is 102 Å². The topological polar surface area (TPSA) is 46.5 Å². The molecule has 3 heteroatoms. The van der Waals surface area contributed by atoms with Crippen molar-refractivity contribution in [3.05, 3.63) is 36.0 Å². The summed E-state index contributed by atoms with van der Waals surface area (Å²) < 4.78 is 4.81. The van der Waals surface area contributed by atoms with Crippen molar-refractivity contribution in [3.8, 4) is 0 Å². The summed E-state index contributed by atoms with van der Waals surface area (Å²) in [4.78, 5) is 11.7. The molecule has 3 nitrogen and oxygen atoms in total. The van der Waals surface area contributed by atoms with Gasteiger partial charge in [0.2, 0.25) is 0 Å². The molecule has 1 unspecified atom stereocenters. The van der Waals surface area contributed by atoms with Crippen LogP contribution in [0, 0.1) is 11.8 Å². The Morgan fingerprint density at radius 2 is 2.12 bits per heavy atom. The van der Waals surface area contributed by atoms with Crippen LogP contribution in [-0.4, -0.2) is 24.3 Å². The van der Waals surface area contributed by atoms with Crippen molar-refractivity contribution in [1.29, 1.82) is 0 Å². The minimum atomic E-state index is -0.375. The lowest BCUT2D eigenvalue weighted by atomic mass is 9.85. The molecule has 1 aliphatic carbocycles. The number of carbonyl (C=O) groups excluding carboxylic acids is 1. The van der Waals surface area contributed by atoms with Gasteiger partial charge in [0.05, 0.1) is 19.1 Å². The lowest BCUT2D eigenvalue weighted by Gasteiger charge is -2.21. The molecule has 0 heterocycles. The van der Waals surface area contributed by atoms with Crippen LogP contribution in [0.5, 0.6) is 0 Å². The van der Waals surface area contributed by atoms with Gasteiger partial charge in [-0.25, -0.2) is 0 Å². The Bertz CT molecular complexity index is 350. The van der Waals surface area contributed by atoms with Crippen molar-refractivity contribution in [1.82, 2.24) is 0 Å². The highest BCUT2D eigenvalue weighted by molar-refractivity contribution is 5.78. The normalized spacial score (nSPS) is 22.6. The Balaban J connectivity index is 2.90. The van der Waals surface area contributed by atoms with E-state index in [0.29, 0.717) is 6.42 Å². The van der Waals surface area contributed by atoms with Gasteiger partial charge in [0.25, 0.3) is 0 Å². The molecule has 3 atom stereocenters. The lowest BCUT2D eigenvalue weighted by Crippen LogP contribution is -2.21. The van der Waals surface area contributed by atoms with Crippen molar-refractivity contribution in [3.63, 3.8) is 0 Å². The van der Waals surface area contributed by atoms with Gasteiger partial charge in [-0.05, 0) is 24.8 Å². The largest absolute Gasteiger partial charge is 0.468 e. The number of aliphatic hydroxyl groups excluding tert-OH is 1. The number of hydrogen-bond acceptors (Lipinski definition) is 3. The fourth-order valence-electron chi connectivity index (χ4n) is 2.08. The number of hydrogen-bond donors (Lipinski definition) is 1. The molecule has 0 aromatic heterocycles. The fourth-order valence-corrected chi connectivity index (χ4v) is 2.08. The van der Waals surface area contributed by atoms with Gasteiger partial charge in [-0.15, -0.1) is 0 Å². The third-order valence-electron chi connectivity index (χ3n) is 2.89. The van der Waals surface area contributed by atoms with Crippen molar-refractivity contribution in [2.45, 2.75) is 26.4 Å². The second-order valence-corrected chi connectivity index (χ2v) is 4.42. The maximum absolute atomic E-state index is 11.7. The van der Waals surface area contributed by atoms with E-state index in [1.54, 1.807) is 6.92 Å². The first-order chi connectivity index (χ1) is 8.06. The first-order valence-electron chi connectivity index (χ1n) is 5.87. The van der Waals surface area contributed by atoms with E-state index in [2.05, 4.69) is 0 Å². The van der Waals surface area contributed by atoms with Gasteiger partial charge in [0.15, 0.2) is 0 Å². The molecule has 0 saturated carbocycles. The number of rotatable bonds is 4. The summed E-state index contributed by atoms with van der Waals surface area (Å²) in [5.74, 6) is -0.455. The average molecular weight is 236 g/mol. The zero-order valence-electron chi connectivity index (χ0n) is 10.6. The van der Waals surface area contributed by atoms with Gasteiger partial charge < -0.3 is 9.84 Å². The highest BCUT2D eigenvalue weighted by Gasteiger charge is 2.25. The molecule has 0 aromatic carbocycles. The molecule has 1 N–H and O–H groups in total. The molecule has 1 aliphatic rings. The van der Waals surface area contributed by atoms with Crippen LogP contribution in [0.4, 0.5) is 0 Å². The van der Waals surface area contributed by atoms with Gasteiger partial charge >= 0.3 is 5.97 Å². The molecule has 1 rings (SSSR count). The molecule has 0 bridgehead atoms. The van der Waals surface area contributed by atoms with Crippen molar-refractivity contribution >= 4 is 5.97 Å². The molecule has 0 fully saturated rings. The predicted molar refractivity (Wildman–Crippen MR) is 67.3 cm³/mol. The third kappa shape index (κ3) is 3.86. The monoisotopic (exact) mass is 236 g/mol. The zero-order valence-corrected chi connectivity index (χ0v) is 10.6. The second-order valence-electron chi connectivity index (χ2n) is 4.42. The quantitative estimate of drug-likeness (QED) is 0.761. The van der Waals surface area contributed by atoms with Gasteiger partial charge in [-0.3, -0.25) is 4.79 Å². The van der Waals surface area contributed by atoms with E-state index in [-0.39, 0.29) is 23.9 Å². The SMILES string of the molecule is COC(=O)C1C=CC=CC=C1[C@@H](C)C[C@@H](C)O. The summed E-state index contributed by atoms with van der Waals surface area (Å²) in [6.45, 7) is 3.77. The van der Waals surface area contributed by atoms with Gasteiger partial charge in [0.1, 0.15) is 0 Å². The minimum Gasteiger partial charge on any atom is -0.468 e. The number of aliphatic hydroxyl groups is 1. The molecule has 0 amide bonds. The van der Waals surface area contributed by atoms with E-state index in [1.165, 1.54) is 7.11 Å². The standard InChI is InChI=1S/C14H20O3/c1-10(9-11(2)15)12-7-5-4-6-8-13(12)14(16)17-3/h4-8,10-11,13,15H,9H2,1-3H3/t10-,11+,13?/m0/s1. The van der Waals surface area contributed by atoms with E-state index < -0.39 is 0 Å². The number of allylic oxidation sites excluding steroid dienone is 4. The first kappa shape index (κ1) is 13.7. The molecule has 0 saturated heterocycles. The van der Waals surface area contributed by atoms with E-state index in [1.807, 2.05) is 37.3 Å². The van der Waals surface area contributed by atoms with E-state index in [0.717, 1.165) is 5.57 Å². The second kappa shape index (κ2) is 6.40. The fraction of sp³-hybridized carbons (Fsp3) is 0.500. The maximum atomic E-state index is 11.7. The summed E-state index contributed by atoms with van der Waals surface area (Å²) in [6, 6.07) is 0. The van der Waals surface area contributed by atoms with Gasteiger partial charge in [-0.2, -0.15) is 0 Å². The number of esters is 1. The number of methoxy groups -OCH3 is 1. The summed E-state index contributed by atoms with van der Waals surface area (Å²) in [5, 5.41) is 9.43. The highest BCUT2D eigenvalue weighted by Crippen LogP contribution is 2.27. The van der Waals surface area contributed by atoms with Crippen molar-refractivity contribution in [2.24, 2.45) is 11.8 Å². The molecule has 17 heavy (non-hydrogen) atoms. The Morgan fingerprint density at radius 1 is 1.41 bits per heavy atom. The van der Waals surface area contributed by atoms with Crippen LogP contribution < -0.4 is 0 Å². The van der Waals surface area contributed by atoms with Crippen LogP contribution in [-0.2, 0) is 9.53 Å². The maximum Gasteiger partial charge on any atom is 0.316 e. The minimum absolute atomic E-state index is 0.145. The third-order valence-corrected chi connectivity index (χ3v) is 2.89. The zero-order chi connectivity index (χ0) is 12.8. The lowest BCUT2D eigenvalue weighted by molar-refractivity contribution is -0.142. The molecule has 0 aliphatic heterocycles. The van der Waals surface area contributed by atoms with Gasteiger partial charge in [-0.1, -0.05) is 37.3 Å². The highest BCUT2D eigenvalue weighted by atomic mass is 16.5. The van der Waals surface area contributed by atoms with Crippen LogP contribution in [0.15, 0.2) is 36.0 Å². The van der Waals surface area contributed by atoms with Crippen LogP contribution >= 0.6 is 0 Å². The summed E-state index contributed by atoms with van der Waals surface area (Å²) in [5.41, 5.74) is 0.989. The first-order valence-corrected chi connectivity index (χ1v) is 5.87. The number of ether oxygens (including phenoxy) is 1. The van der Waals surface area contributed by atoms with Crippen LogP contribution in [0.1, 0.15) is 20.3 Å². The van der Waals surface area contributed by atoms with Crippen LogP contribution in [0.3, 0.4) is 0 Å². The van der Waals surface area contributed by atoms with E-state index in [4.69, 9.17) is 4.74 Å². The van der Waals surface area contributed by atoms with Crippen LogP contribution in [0.2, 0.25) is 0 Å². The van der Waals surface area contributed by atoms with Crippen molar-refractivity contribution in [2.75, 3.05) is 7.11 Å². The molecular formula is C14H20O3. The van der Waals surface area contributed by atoms with E-state index in [9.17, 15) is 9.90 Å². The van der Waals surface area contributed by atoms with Crippen molar-refractivity contribution < 1.29 is 14.6 Å². The average Bonchev–Trinajstić information content (AvgIpc) is 2.52. The summed E-state index contributed by atoms with van der Waals surface area (Å²) in [7, 11) is 1.39. The van der Waals surface area contributed by atoms with Crippen LogP contribution in [0.25, 0.3) is 0 Å². The molecular weight excluding hydrogens is 216 g/mol. The summed E-state index contributed by atoms with van der Waals surface area (Å²) in [6.07, 6.45) is 9.68. The summed E-state index contributed by atoms with van der Waals surface area (Å²) >= 11 is 0. The Kier molecular flexibility index (Phi) is 5.16. The Hall–Kier alpha value is -1.35. The van der Waals surface area contributed by atoms with Gasteiger partial charge in [0, 0.05) is 0 Å². The molecule has 0 aromatic rings. The van der Waals surface area contributed by atoms with E-state index >= 15 is 0 Å². The number of carbonyl (C=O) groups is 1. The smallest absolute Gasteiger partial charge is 0.316 e. The molecule has 0 spiro atoms. The molecule has 0 radical (unpaired) electrons. The molecule has 94 valence electrons. The predicted octanol–water partition coefficient (Wildman–Crippen LogP) is 2.24.